The highest BCUT2D eigenvalue weighted by molar-refractivity contribution is 5.94. The van der Waals surface area contributed by atoms with Crippen molar-refractivity contribution in [1.29, 1.82) is 0 Å². The van der Waals surface area contributed by atoms with Gasteiger partial charge < -0.3 is 10.4 Å². The van der Waals surface area contributed by atoms with Crippen molar-refractivity contribution in [2.45, 2.75) is 26.7 Å². The lowest BCUT2D eigenvalue weighted by Gasteiger charge is -2.17. The number of hydrogen-bond acceptors (Lipinski definition) is 3. The van der Waals surface area contributed by atoms with E-state index in [0.29, 0.717) is 12.3 Å². The summed E-state index contributed by atoms with van der Waals surface area (Å²) >= 11 is 0. The molecule has 1 aromatic heterocycles. The number of carboxylic acid groups (broad SMARTS) is 1. The average molecular weight is 282 g/mol. The molecule has 0 saturated heterocycles. The molecule has 110 valence electrons. The summed E-state index contributed by atoms with van der Waals surface area (Å²) in [6.07, 6.45) is 2.97. The summed E-state index contributed by atoms with van der Waals surface area (Å²) < 4.78 is 13.4. The second-order valence-electron chi connectivity index (χ2n) is 5.16. The van der Waals surface area contributed by atoms with Crippen LogP contribution < -0.4 is 5.32 Å². The molecular weight excluding hydrogens is 263 g/mol. The standard InChI is InChI=1S/C14H19FN2O3/c1-9(2)5-10(6-13(18)19)7-17-14(20)11-3-4-16-8-12(11)15/h3-4,8-10H,5-7H2,1-2H3,(H,17,20)(H,18,19). The number of nitrogens with one attached hydrogen (secondary N) is 1. The molecule has 1 heterocycles. The minimum absolute atomic E-state index is 0.0166. The molecule has 1 atom stereocenters. The number of nitrogens with zero attached hydrogens (tertiary/aromatic N) is 1. The van der Waals surface area contributed by atoms with Gasteiger partial charge in [-0.05, 0) is 24.3 Å². The quantitative estimate of drug-likeness (QED) is 0.802. The second-order valence-corrected chi connectivity index (χ2v) is 5.16. The Morgan fingerprint density at radius 2 is 2.15 bits per heavy atom. The Hall–Kier alpha value is -1.98. The second kappa shape index (κ2) is 7.57. The fourth-order valence-electron chi connectivity index (χ4n) is 2.04. The Bertz CT molecular complexity index is 477. The number of carbonyl (C=O) groups is 2. The summed E-state index contributed by atoms with van der Waals surface area (Å²) in [5, 5.41) is 11.4. The van der Waals surface area contributed by atoms with Gasteiger partial charge in [-0.3, -0.25) is 14.6 Å². The molecule has 1 aromatic rings. The normalized spacial score (nSPS) is 12.2. The van der Waals surface area contributed by atoms with Crippen LogP contribution in [0.4, 0.5) is 4.39 Å². The number of carboxylic acids is 1. The monoisotopic (exact) mass is 282 g/mol. The molecule has 0 aliphatic rings. The molecule has 0 bridgehead atoms. The predicted octanol–water partition coefficient (Wildman–Crippen LogP) is 2.09. The number of amides is 1. The van der Waals surface area contributed by atoms with E-state index in [1.54, 1.807) is 0 Å². The number of aromatic nitrogens is 1. The molecule has 0 spiro atoms. The molecule has 1 rings (SSSR count). The zero-order valence-electron chi connectivity index (χ0n) is 11.6. The molecule has 0 aromatic carbocycles. The van der Waals surface area contributed by atoms with E-state index in [-0.39, 0.29) is 24.4 Å². The zero-order valence-corrected chi connectivity index (χ0v) is 11.6. The molecule has 5 nitrogen and oxygen atoms in total. The Morgan fingerprint density at radius 3 is 2.70 bits per heavy atom. The molecule has 0 radical (unpaired) electrons. The van der Waals surface area contributed by atoms with Crippen LogP contribution in [0.1, 0.15) is 37.0 Å². The van der Waals surface area contributed by atoms with E-state index < -0.39 is 17.7 Å². The lowest BCUT2D eigenvalue weighted by Crippen LogP contribution is -2.31. The lowest BCUT2D eigenvalue weighted by atomic mass is 9.94. The first-order chi connectivity index (χ1) is 9.40. The van der Waals surface area contributed by atoms with Crippen LogP contribution in [-0.4, -0.2) is 28.5 Å². The van der Waals surface area contributed by atoms with Gasteiger partial charge in [-0.25, -0.2) is 4.39 Å². The minimum atomic E-state index is -0.903. The summed E-state index contributed by atoms with van der Waals surface area (Å²) in [6.45, 7) is 4.18. The van der Waals surface area contributed by atoms with Gasteiger partial charge in [0.05, 0.1) is 11.8 Å². The van der Waals surface area contributed by atoms with E-state index >= 15 is 0 Å². The molecule has 0 saturated carbocycles. The van der Waals surface area contributed by atoms with Crippen molar-refractivity contribution in [2.24, 2.45) is 11.8 Å². The van der Waals surface area contributed by atoms with Crippen LogP contribution in [0.2, 0.25) is 0 Å². The third-order valence-electron chi connectivity index (χ3n) is 2.84. The van der Waals surface area contributed by atoms with Gasteiger partial charge in [0, 0.05) is 19.2 Å². The van der Waals surface area contributed by atoms with E-state index in [2.05, 4.69) is 10.3 Å². The van der Waals surface area contributed by atoms with Crippen molar-refractivity contribution in [3.8, 4) is 0 Å². The third kappa shape index (κ3) is 5.34. The maximum Gasteiger partial charge on any atom is 0.303 e. The van der Waals surface area contributed by atoms with Gasteiger partial charge in [-0.1, -0.05) is 13.8 Å². The number of carbonyl (C=O) groups excluding carboxylic acids is 1. The number of pyridine rings is 1. The Balaban J connectivity index is 2.60. The fraction of sp³-hybridized carbons (Fsp3) is 0.500. The predicted molar refractivity (Wildman–Crippen MR) is 71.7 cm³/mol. The Kier molecular flexibility index (Phi) is 6.09. The van der Waals surface area contributed by atoms with Gasteiger partial charge in [0.25, 0.3) is 5.91 Å². The van der Waals surface area contributed by atoms with Gasteiger partial charge in [-0.2, -0.15) is 0 Å². The highest BCUT2D eigenvalue weighted by Crippen LogP contribution is 2.15. The van der Waals surface area contributed by atoms with Gasteiger partial charge in [-0.15, -0.1) is 0 Å². The van der Waals surface area contributed by atoms with E-state index in [0.717, 1.165) is 6.20 Å². The molecule has 2 N–H and O–H groups in total. The number of rotatable bonds is 7. The number of hydrogen-bond donors (Lipinski definition) is 2. The lowest BCUT2D eigenvalue weighted by molar-refractivity contribution is -0.138. The van der Waals surface area contributed by atoms with Crippen molar-refractivity contribution in [1.82, 2.24) is 10.3 Å². The topological polar surface area (TPSA) is 79.3 Å². The fourth-order valence-corrected chi connectivity index (χ4v) is 2.04. The summed E-state index contributed by atoms with van der Waals surface area (Å²) in [4.78, 5) is 26.2. The molecule has 20 heavy (non-hydrogen) atoms. The minimum Gasteiger partial charge on any atom is -0.481 e. The first kappa shape index (κ1) is 16.1. The Morgan fingerprint density at radius 1 is 1.45 bits per heavy atom. The van der Waals surface area contributed by atoms with E-state index in [1.165, 1.54) is 12.3 Å². The maximum atomic E-state index is 13.4. The maximum absolute atomic E-state index is 13.4. The first-order valence-corrected chi connectivity index (χ1v) is 6.49. The van der Waals surface area contributed by atoms with Crippen molar-refractivity contribution >= 4 is 11.9 Å². The van der Waals surface area contributed by atoms with Crippen molar-refractivity contribution in [2.75, 3.05) is 6.54 Å². The first-order valence-electron chi connectivity index (χ1n) is 6.49. The van der Waals surface area contributed by atoms with Gasteiger partial charge in [0.1, 0.15) is 0 Å². The van der Waals surface area contributed by atoms with Crippen LogP contribution in [0.5, 0.6) is 0 Å². The van der Waals surface area contributed by atoms with Crippen LogP contribution in [0.25, 0.3) is 0 Å². The zero-order chi connectivity index (χ0) is 15.1. The molecule has 0 aliphatic carbocycles. The number of halogens is 1. The number of aliphatic carboxylic acids is 1. The summed E-state index contributed by atoms with van der Waals surface area (Å²) in [7, 11) is 0. The van der Waals surface area contributed by atoms with Crippen LogP contribution in [0.3, 0.4) is 0 Å². The molecule has 0 fully saturated rings. The Labute approximate surface area is 117 Å². The van der Waals surface area contributed by atoms with Gasteiger partial charge >= 0.3 is 5.97 Å². The molecule has 1 amide bonds. The van der Waals surface area contributed by atoms with Crippen molar-refractivity contribution in [3.05, 3.63) is 29.8 Å². The van der Waals surface area contributed by atoms with Crippen LogP contribution >= 0.6 is 0 Å². The molecule has 1 unspecified atom stereocenters. The third-order valence-corrected chi connectivity index (χ3v) is 2.84. The molecule has 6 heteroatoms. The van der Waals surface area contributed by atoms with Crippen LogP contribution in [0, 0.1) is 17.7 Å². The van der Waals surface area contributed by atoms with Gasteiger partial charge in [0.15, 0.2) is 5.82 Å². The van der Waals surface area contributed by atoms with E-state index in [9.17, 15) is 14.0 Å². The summed E-state index contributed by atoms with van der Waals surface area (Å²) in [6, 6.07) is 1.29. The van der Waals surface area contributed by atoms with Crippen molar-refractivity contribution in [3.63, 3.8) is 0 Å². The smallest absolute Gasteiger partial charge is 0.303 e. The summed E-state index contributed by atoms with van der Waals surface area (Å²) in [5.41, 5.74) is -0.0846. The average Bonchev–Trinajstić information content (AvgIpc) is 2.34. The molecular formula is C14H19FN2O3. The van der Waals surface area contributed by atoms with E-state index in [1.807, 2.05) is 13.8 Å². The van der Waals surface area contributed by atoms with Crippen molar-refractivity contribution < 1.29 is 19.1 Å². The SMILES string of the molecule is CC(C)CC(CNC(=O)c1ccncc1F)CC(=O)O. The largest absolute Gasteiger partial charge is 0.481 e. The van der Waals surface area contributed by atoms with Crippen LogP contribution in [0.15, 0.2) is 18.5 Å². The highest BCUT2D eigenvalue weighted by Gasteiger charge is 2.17. The summed E-state index contributed by atoms with van der Waals surface area (Å²) in [5.74, 6) is -1.98. The molecule has 0 aliphatic heterocycles. The van der Waals surface area contributed by atoms with E-state index in [4.69, 9.17) is 5.11 Å². The van der Waals surface area contributed by atoms with Gasteiger partial charge in [0.2, 0.25) is 0 Å². The highest BCUT2D eigenvalue weighted by atomic mass is 19.1. The van der Waals surface area contributed by atoms with Crippen LogP contribution in [-0.2, 0) is 4.79 Å².